The zero-order chi connectivity index (χ0) is 22.1. The molecule has 32 heavy (non-hydrogen) atoms. The first kappa shape index (κ1) is 19.8. The minimum absolute atomic E-state index is 0.331. The van der Waals surface area contributed by atoms with Crippen LogP contribution in [0.4, 0.5) is 4.39 Å². The van der Waals surface area contributed by atoms with Crippen molar-refractivity contribution in [2.24, 2.45) is 5.73 Å². The van der Waals surface area contributed by atoms with E-state index in [0.717, 1.165) is 33.2 Å². The van der Waals surface area contributed by atoms with E-state index in [9.17, 15) is 9.18 Å². The zero-order valence-electron chi connectivity index (χ0n) is 17.3. The molecule has 158 valence electrons. The first-order valence-corrected chi connectivity index (χ1v) is 10.4. The number of primary amides is 1. The second kappa shape index (κ2) is 8.19. The molecule has 2 N–H and O–H groups in total. The van der Waals surface area contributed by atoms with Gasteiger partial charge in [0, 0.05) is 22.9 Å². The predicted molar refractivity (Wildman–Crippen MR) is 124 cm³/mol. The highest BCUT2D eigenvalue weighted by molar-refractivity contribution is 6.17. The van der Waals surface area contributed by atoms with Crippen molar-refractivity contribution in [1.82, 2.24) is 4.57 Å². The minimum atomic E-state index is -0.504. The van der Waals surface area contributed by atoms with Crippen LogP contribution in [0.5, 0.6) is 5.75 Å². The highest BCUT2D eigenvalue weighted by Crippen LogP contribution is 2.33. The molecular weight excluding hydrogens is 403 g/mol. The van der Waals surface area contributed by atoms with E-state index < -0.39 is 5.91 Å². The maximum absolute atomic E-state index is 14.1. The normalized spacial score (nSPS) is 11.2. The van der Waals surface area contributed by atoms with Crippen LogP contribution in [0.3, 0.4) is 0 Å². The summed E-state index contributed by atoms with van der Waals surface area (Å²) in [4.78, 5) is 12.0. The molecule has 5 heteroatoms. The summed E-state index contributed by atoms with van der Waals surface area (Å²) < 4.78 is 22.1. The van der Waals surface area contributed by atoms with Crippen LogP contribution >= 0.6 is 0 Å². The fourth-order valence-corrected chi connectivity index (χ4v) is 4.15. The summed E-state index contributed by atoms with van der Waals surface area (Å²) in [5.41, 5.74) is 9.69. The van der Waals surface area contributed by atoms with Crippen LogP contribution in [-0.4, -0.2) is 10.5 Å². The van der Waals surface area contributed by atoms with Crippen molar-refractivity contribution in [3.05, 3.63) is 114 Å². The summed E-state index contributed by atoms with van der Waals surface area (Å²) in [6.45, 7) is 0.973. The molecule has 0 saturated heterocycles. The number of rotatable bonds is 6. The fourth-order valence-electron chi connectivity index (χ4n) is 4.15. The van der Waals surface area contributed by atoms with Gasteiger partial charge in [0.15, 0.2) is 0 Å². The summed E-state index contributed by atoms with van der Waals surface area (Å²) >= 11 is 0. The van der Waals surface area contributed by atoms with E-state index in [1.165, 1.54) is 12.1 Å². The predicted octanol–water partition coefficient (Wildman–Crippen LogP) is 5.66. The molecule has 0 bridgehead atoms. The number of benzene rings is 4. The van der Waals surface area contributed by atoms with Crippen LogP contribution in [-0.2, 0) is 13.2 Å². The average molecular weight is 424 g/mol. The number of carbonyl (C=O) groups is 1. The molecular formula is C27H21FN2O2. The molecule has 1 aromatic heterocycles. The van der Waals surface area contributed by atoms with Crippen molar-refractivity contribution in [1.29, 1.82) is 0 Å². The lowest BCUT2D eigenvalue weighted by atomic mass is 10.1. The van der Waals surface area contributed by atoms with Gasteiger partial charge in [-0.25, -0.2) is 4.39 Å². The van der Waals surface area contributed by atoms with Crippen LogP contribution in [0, 0.1) is 5.82 Å². The van der Waals surface area contributed by atoms with E-state index in [2.05, 4.69) is 0 Å². The lowest BCUT2D eigenvalue weighted by molar-refractivity contribution is 0.100. The Bertz CT molecular complexity index is 1440. The largest absolute Gasteiger partial charge is 0.489 e. The average Bonchev–Trinajstić information content (AvgIpc) is 3.11. The van der Waals surface area contributed by atoms with Crippen LogP contribution in [0.15, 0.2) is 91.0 Å². The molecule has 0 atom stereocenters. The van der Waals surface area contributed by atoms with E-state index in [1.54, 1.807) is 18.2 Å². The smallest absolute Gasteiger partial charge is 0.249 e. The molecule has 0 spiro atoms. The quantitative estimate of drug-likeness (QED) is 0.382. The van der Waals surface area contributed by atoms with E-state index in [0.29, 0.717) is 24.2 Å². The number of carbonyl (C=O) groups excluding carboxylic acids is 1. The molecule has 0 radical (unpaired) electrons. The van der Waals surface area contributed by atoms with Crippen molar-refractivity contribution >= 4 is 27.7 Å². The molecule has 1 amide bonds. The Labute approximate surface area is 184 Å². The monoisotopic (exact) mass is 424 g/mol. The van der Waals surface area contributed by atoms with Crippen molar-refractivity contribution in [3.8, 4) is 5.75 Å². The van der Waals surface area contributed by atoms with Crippen molar-refractivity contribution in [2.45, 2.75) is 13.2 Å². The number of fused-ring (bicyclic) bond motifs is 3. The SMILES string of the molecule is NC(=O)c1cccc2c1c1ccc(F)cc1n2Cc1cccc(OCc2ccccc2)c1. The van der Waals surface area contributed by atoms with Crippen LogP contribution in [0.2, 0.25) is 0 Å². The molecule has 5 aromatic rings. The molecule has 1 heterocycles. The van der Waals surface area contributed by atoms with Gasteiger partial charge < -0.3 is 15.0 Å². The van der Waals surface area contributed by atoms with Gasteiger partial charge in [-0.15, -0.1) is 0 Å². The Balaban J connectivity index is 1.54. The lowest BCUT2D eigenvalue weighted by Crippen LogP contribution is -2.11. The molecule has 0 aliphatic heterocycles. The Morgan fingerprint density at radius 3 is 2.44 bits per heavy atom. The van der Waals surface area contributed by atoms with Crippen LogP contribution < -0.4 is 10.5 Å². The number of aromatic nitrogens is 1. The first-order valence-electron chi connectivity index (χ1n) is 10.4. The number of hydrogen-bond acceptors (Lipinski definition) is 2. The molecule has 0 unspecified atom stereocenters. The van der Waals surface area contributed by atoms with Gasteiger partial charge in [0.05, 0.1) is 11.0 Å². The standard InChI is InChI=1S/C27H21FN2O2/c28-20-12-13-22-25(15-20)30(24-11-5-10-23(26(22)24)27(29)31)16-19-8-4-9-21(14-19)32-17-18-6-2-1-3-7-18/h1-15H,16-17H2,(H2,29,31). The number of nitrogens with zero attached hydrogens (tertiary/aromatic N) is 1. The van der Waals surface area contributed by atoms with E-state index in [1.807, 2.05) is 65.2 Å². The zero-order valence-corrected chi connectivity index (χ0v) is 17.3. The molecule has 4 nitrogen and oxygen atoms in total. The van der Waals surface area contributed by atoms with Crippen LogP contribution in [0.25, 0.3) is 21.8 Å². The summed E-state index contributed by atoms with van der Waals surface area (Å²) in [5.74, 6) is -0.0754. The van der Waals surface area contributed by atoms with Gasteiger partial charge in [-0.2, -0.15) is 0 Å². The third-order valence-electron chi connectivity index (χ3n) is 5.61. The molecule has 0 aliphatic carbocycles. The third-order valence-corrected chi connectivity index (χ3v) is 5.61. The number of hydrogen-bond donors (Lipinski definition) is 1. The molecule has 0 saturated carbocycles. The Morgan fingerprint density at radius 2 is 1.62 bits per heavy atom. The topological polar surface area (TPSA) is 57.2 Å². The van der Waals surface area contributed by atoms with Crippen molar-refractivity contribution in [3.63, 3.8) is 0 Å². The molecule has 0 fully saturated rings. The maximum Gasteiger partial charge on any atom is 0.249 e. The molecule has 0 aliphatic rings. The fraction of sp³-hybridized carbons (Fsp3) is 0.0741. The van der Waals surface area contributed by atoms with Gasteiger partial charge in [-0.3, -0.25) is 4.79 Å². The summed E-state index contributed by atoms with van der Waals surface area (Å²) in [7, 11) is 0. The highest BCUT2D eigenvalue weighted by atomic mass is 19.1. The Hall–Kier alpha value is -4.12. The van der Waals surface area contributed by atoms with Crippen LogP contribution in [0.1, 0.15) is 21.5 Å². The van der Waals surface area contributed by atoms with Crippen molar-refractivity contribution in [2.75, 3.05) is 0 Å². The maximum atomic E-state index is 14.1. The summed E-state index contributed by atoms with van der Waals surface area (Å²) in [5, 5.41) is 1.54. The van der Waals surface area contributed by atoms with E-state index in [-0.39, 0.29) is 5.82 Å². The van der Waals surface area contributed by atoms with E-state index >= 15 is 0 Å². The first-order chi connectivity index (χ1) is 15.6. The summed E-state index contributed by atoms with van der Waals surface area (Å²) in [6.07, 6.45) is 0. The third kappa shape index (κ3) is 3.69. The van der Waals surface area contributed by atoms with Gasteiger partial charge >= 0.3 is 0 Å². The van der Waals surface area contributed by atoms with Gasteiger partial charge in [0.2, 0.25) is 5.91 Å². The van der Waals surface area contributed by atoms with Gasteiger partial charge in [-0.1, -0.05) is 48.5 Å². The molecule has 5 rings (SSSR count). The summed E-state index contributed by atoms with van der Waals surface area (Å²) in [6, 6.07) is 27.9. The van der Waals surface area contributed by atoms with Gasteiger partial charge in [0.25, 0.3) is 0 Å². The van der Waals surface area contributed by atoms with Gasteiger partial charge in [-0.05, 0) is 53.6 Å². The van der Waals surface area contributed by atoms with Crippen molar-refractivity contribution < 1.29 is 13.9 Å². The number of nitrogens with two attached hydrogens (primary N) is 1. The lowest BCUT2D eigenvalue weighted by Gasteiger charge is -2.11. The number of ether oxygens (including phenoxy) is 1. The number of halogens is 1. The number of amides is 1. The Morgan fingerprint density at radius 1 is 0.844 bits per heavy atom. The van der Waals surface area contributed by atoms with Gasteiger partial charge in [0.1, 0.15) is 18.2 Å². The Kier molecular flexibility index (Phi) is 5.07. The second-order valence-electron chi connectivity index (χ2n) is 7.73. The van der Waals surface area contributed by atoms with E-state index in [4.69, 9.17) is 10.5 Å². The second-order valence-corrected chi connectivity index (χ2v) is 7.73. The highest BCUT2D eigenvalue weighted by Gasteiger charge is 2.17. The minimum Gasteiger partial charge on any atom is -0.489 e. The molecule has 4 aromatic carbocycles.